The highest BCUT2D eigenvalue weighted by Gasteiger charge is 2.09. The number of nitrogens with zero attached hydrogens (tertiary/aromatic N) is 1. The highest BCUT2D eigenvalue weighted by atomic mass is 35.5. The van der Waals surface area contributed by atoms with E-state index in [2.05, 4.69) is 10.3 Å². The monoisotopic (exact) mass is 356 g/mol. The van der Waals surface area contributed by atoms with Gasteiger partial charge in [0.25, 0.3) is 5.91 Å². The lowest BCUT2D eigenvalue weighted by atomic mass is 10.4. The Kier molecular flexibility index (Phi) is 5.94. The van der Waals surface area contributed by atoms with Crippen molar-refractivity contribution < 1.29 is 14.3 Å². The van der Waals surface area contributed by atoms with E-state index < -0.39 is 18.5 Å². The second-order valence-electron chi connectivity index (χ2n) is 3.99. The van der Waals surface area contributed by atoms with Crippen LogP contribution in [0.25, 0.3) is 6.08 Å². The molecule has 8 heteroatoms. The van der Waals surface area contributed by atoms with Gasteiger partial charge in [0, 0.05) is 17.2 Å². The predicted octanol–water partition coefficient (Wildman–Crippen LogP) is 3.65. The normalized spacial score (nSPS) is 10.6. The first-order valence-electron chi connectivity index (χ1n) is 6.04. The van der Waals surface area contributed by atoms with Gasteiger partial charge in [-0.3, -0.25) is 4.79 Å². The summed E-state index contributed by atoms with van der Waals surface area (Å²) in [5, 5.41) is 4.87. The van der Waals surface area contributed by atoms with Crippen LogP contribution < -0.4 is 5.32 Å². The third-order valence-corrected chi connectivity index (χ3v) is 3.67. The highest BCUT2D eigenvalue weighted by Crippen LogP contribution is 2.22. The van der Waals surface area contributed by atoms with Gasteiger partial charge in [-0.25, -0.2) is 9.78 Å². The number of hydrogen-bond acceptors (Lipinski definition) is 5. The van der Waals surface area contributed by atoms with Gasteiger partial charge in [-0.05, 0) is 23.6 Å². The zero-order chi connectivity index (χ0) is 15.9. The van der Waals surface area contributed by atoms with Crippen molar-refractivity contribution in [1.82, 2.24) is 4.98 Å². The first-order chi connectivity index (χ1) is 10.5. The summed E-state index contributed by atoms with van der Waals surface area (Å²) in [5.41, 5.74) is 0. The Labute approximate surface area is 140 Å². The molecule has 5 nitrogen and oxygen atoms in total. The zero-order valence-electron chi connectivity index (χ0n) is 11.1. The Hall–Kier alpha value is -1.89. The number of esters is 1. The van der Waals surface area contributed by atoms with E-state index in [4.69, 9.17) is 27.9 Å². The average Bonchev–Trinajstić information content (AvgIpc) is 2.99. The van der Waals surface area contributed by atoms with Crippen LogP contribution in [0.1, 0.15) is 4.88 Å². The molecular formula is C14H10Cl2N2O3S. The summed E-state index contributed by atoms with van der Waals surface area (Å²) in [6.07, 6.45) is 4.22. The van der Waals surface area contributed by atoms with Crippen LogP contribution in [-0.4, -0.2) is 23.5 Å². The van der Waals surface area contributed by atoms with Crippen molar-refractivity contribution in [1.29, 1.82) is 0 Å². The molecule has 0 aliphatic carbocycles. The number of hydrogen-bond donors (Lipinski definition) is 1. The van der Waals surface area contributed by atoms with Crippen molar-refractivity contribution in [2.45, 2.75) is 0 Å². The van der Waals surface area contributed by atoms with Crippen LogP contribution in [-0.2, 0) is 14.3 Å². The van der Waals surface area contributed by atoms with E-state index in [9.17, 15) is 9.59 Å². The number of nitrogens with one attached hydrogen (secondary N) is 1. The van der Waals surface area contributed by atoms with Crippen LogP contribution in [0.3, 0.4) is 0 Å². The molecule has 0 aromatic carbocycles. The molecule has 0 spiro atoms. The van der Waals surface area contributed by atoms with Gasteiger partial charge in [-0.15, -0.1) is 11.3 Å². The number of pyridine rings is 1. The van der Waals surface area contributed by atoms with Crippen LogP contribution in [0, 0.1) is 0 Å². The van der Waals surface area contributed by atoms with Crippen molar-refractivity contribution >= 4 is 58.3 Å². The SMILES string of the molecule is O=C(COC(=O)C=Cc1cccs1)Nc1ncc(Cl)cc1Cl. The minimum atomic E-state index is -0.612. The Morgan fingerprint density at radius 1 is 1.41 bits per heavy atom. The summed E-state index contributed by atoms with van der Waals surface area (Å²) in [6.45, 7) is -0.436. The van der Waals surface area contributed by atoms with Crippen LogP contribution >= 0.6 is 34.5 Å². The molecule has 0 aliphatic heterocycles. The maximum Gasteiger partial charge on any atom is 0.331 e. The molecule has 0 bridgehead atoms. The summed E-state index contributed by atoms with van der Waals surface area (Å²) < 4.78 is 4.81. The summed E-state index contributed by atoms with van der Waals surface area (Å²) in [5.74, 6) is -1.01. The third-order valence-electron chi connectivity index (χ3n) is 2.34. The van der Waals surface area contributed by atoms with Gasteiger partial charge in [0.15, 0.2) is 12.4 Å². The lowest BCUT2D eigenvalue weighted by Gasteiger charge is -2.06. The van der Waals surface area contributed by atoms with E-state index in [1.54, 1.807) is 6.08 Å². The molecule has 2 heterocycles. The second kappa shape index (κ2) is 7.93. The average molecular weight is 357 g/mol. The Balaban J connectivity index is 1.81. The zero-order valence-corrected chi connectivity index (χ0v) is 13.4. The van der Waals surface area contributed by atoms with Gasteiger partial charge in [0.05, 0.1) is 10.0 Å². The quantitative estimate of drug-likeness (QED) is 0.655. The van der Waals surface area contributed by atoms with E-state index in [1.807, 2.05) is 17.5 Å². The van der Waals surface area contributed by atoms with Crippen LogP contribution in [0.5, 0.6) is 0 Å². The maximum absolute atomic E-state index is 11.6. The van der Waals surface area contributed by atoms with Crippen LogP contribution in [0.2, 0.25) is 10.0 Å². The third kappa shape index (κ3) is 5.14. The Bertz CT molecular complexity index is 702. The number of aromatic nitrogens is 1. The van der Waals surface area contributed by atoms with Gasteiger partial charge in [-0.2, -0.15) is 0 Å². The smallest absolute Gasteiger partial charge is 0.331 e. The fourth-order valence-corrected chi connectivity index (χ4v) is 2.44. The van der Waals surface area contributed by atoms with Crippen LogP contribution in [0.4, 0.5) is 5.82 Å². The minimum Gasteiger partial charge on any atom is -0.452 e. The standard InChI is InChI=1S/C14H10Cl2N2O3S/c15-9-6-11(16)14(17-7-9)18-12(19)8-21-13(20)4-3-10-2-1-5-22-10/h1-7H,8H2,(H,17,18,19). The van der Waals surface area contributed by atoms with Gasteiger partial charge in [0.1, 0.15) is 0 Å². The van der Waals surface area contributed by atoms with Crippen molar-refractivity contribution in [3.8, 4) is 0 Å². The summed E-state index contributed by atoms with van der Waals surface area (Å²) in [7, 11) is 0. The van der Waals surface area contributed by atoms with Gasteiger partial charge in [-0.1, -0.05) is 29.3 Å². The minimum absolute atomic E-state index is 0.154. The molecule has 1 N–H and O–H groups in total. The second-order valence-corrected chi connectivity index (χ2v) is 5.81. The number of ether oxygens (including phenoxy) is 1. The fraction of sp³-hybridized carbons (Fsp3) is 0.0714. The first-order valence-corrected chi connectivity index (χ1v) is 7.67. The summed E-state index contributed by atoms with van der Waals surface area (Å²) >= 11 is 13.0. The molecule has 0 radical (unpaired) electrons. The molecule has 0 saturated carbocycles. The summed E-state index contributed by atoms with van der Waals surface area (Å²) in [4.78, 5) is 27.9. The summed E-state index contributed by atoms with van der Waals surface area (Å²) in [6, 6.07) is 5.17. The molecular weight excluding hydrogens is 347 g/mol. The van der Waals surface area contributed by atoms with E-state index in [0.29, 0.717) is 5.02 Å². The Morgan fingerprint density at radius 2 is 2.23 bits per heavy atom. The largest absolute Gasteiger partial charge is 0.452 e. The number of rotatable bonds is 5. The van der Waals surface area contributed by atoms with Crippen molar-refractivity contribution in [2.24, 2.45) is 0 Å². The van der Waals surface area contributed by atoms with Gasteiger partial charge in [0.2, 0.25) is 0 Å². The molecule has 2 aromatic rings. The fourth-order valence-electron chi connectivity index (χ4n) is 1.40. The van der Waals surface area contributed by atoms with E-state index >= 15 is 0 Å². The van der Waals surface area contributed by atoms with Crippen molar-refractivity contribution in [3.05, 3.63) is 50.8 Å². The maximum atomic E-state index is 11.6. The molecule has 0 fully saturated rings. The predicted molar refractivity (Wildman–Crippen MR) is 87.2 cm³/mol. The molecule has 2 rings (SSSR count). The lowest BCUT2D eigenvalue weighted by Crippen LogP contribution is -2.20. The molecule has 22 heavy (non-hydrogen) atoms. The first kappa shape index (κ1) is 16.5. The van der Waals surface area contributed by atoms with Crippen molar-refractivity contribution in [2.75, 3.05) is 11.9 Å². The molecule has 0 saturated heterocycles. The van der Waals surface area contributed by atoms with E-state index in [1.165, 1.54) is 29.7 Å². The number of thiophene rings is 1. The van der Waals surface area contributed by atoms with Gasteiger partial charge >= 0.3 is 5.97 Å². The molecule has 0 aliphatic rings. The number of halogens is 2. The highest BCUT2D eigenvalue weighted by molar-refractivity contribution is 7.10. The van der Waals surface area contributed by atoms with Gasteiger partial charge < -0.3 is 10.1 Å². The topological polar surface area (TPSA) is 68.3 Å². The van der Waals surface area contributed by atoms with E-state index in [-0.39, 0.29) is 10.8 Å². The number of carbonyl (C=O) groups is 2. The van der Waals surface area contributed by atoms with Crippen LogP contribution in [0.15, 0.2) is 35.9 Å². The number of anilines is 1. The number of carbonyl (C=O) groups excluding carboxylic acids is 2. The lowest BCUT2D eigenvalue weighted by molar-refractivity contribution is -0.142. The molecule has 2 aromatic heterocycles. The van der Waals surface area contributed by atoms with E-state index in [0.717, 1.165) is 4.88 Å². The molecule has 0 atom stereocenters. The molecule has 1 amide bonds. The number of amides is 1. The van der Waals surface area contributed by atoms with Crippen molar-refractivity contribution in [3.63, 3.8) is 0 Å². The Morgan fingerprint density at radius 3 is 2.91 bits per heavy atom. The molecule has 114 valence electrons. The molecule has 0 unspecified atom stereocenters.